The molecule has 0 atom stereocenters. The zero-order valence-electron chi connectivity index (χ0n) is 5.01. The molecule has 0 saturated heterocycles. The third-order valence-corrected chi connectivity index (χ3v) is 0.496. The summed E-state index contributed by atoms with van der Waals surface area (Å²) in [6.45, 7) is -1.75. The van der Waals surface area contributed by atoms with Gasteiger partial charge in [-0.05, 0) is 0 Å². The molecule has 1 amide bonds. The second kappa shape index (κ2) is 3.72. The summed E-state index contributed by atoms with van der Waals surface area (Å²) in [5, 5.41) is 0. The molecule has 4 nitrogen and oxygen atoms in total. The molecule has 7 heteroatoms. The van der Waals surface area contributed by atoms with E-state index in [9.17, 15) is 22.8 Å². The van der Waals surface area contributed by atoms with Gasteiger partial charge in [-0.1, -0.05) is 4.99 Å². The van der Waals surface area contributed by atoms with Crippen molar-refractivity contribution in [1.29, 1.82) is 0 Å². The summed E-state index contributed by atoms with van der Waals surface area (Å²) >= 11 is 0. The maximum absolute atomic E-state index is 11.2. The smallest absolute Gasteiger partial charge is 0.438 e. The molecule has 0 rings (SSSR count). The van der Waals surface area contributed by atoms with Crippen molar-refractivity contribution in [2.75, 3.05) is 6.61 Å². The van der Waals surface area contributed by atoms with Crippen LogP contribution in [0.25, 0.3) is 0 Å². The number of isocyanates is 1. The molecule has 11 heavy (non-hydrogen) atoms. The molecular weight excluding hydrogens is 167 g/mol. The first kappa shape index (κ1) is 9.64. The molecule has 62 valence electrons. The minimum absolute atomic E-state index is 0.737. The van der Waals surface area contributed by atoms with Crippen LogP contribution in [0.1, 0.15) is 0 Å². The standard InChI is InChI=1S/C4H2F3NO3/c5-4(6,7)1-11-3(10)8-2-9/h1H2. The quantitative estimate of drug-likeness (QED) is 0.435. The SMILES string of the molecule is O=C=NC(=O)OCC(F)(F)F. The van der Waals surface area contributed by atoms with Crippen LogP contribution in [0.4, 0.5) is 18.0 Å². The van der Waals surface area contributed by atoms with E-state index in [0.29, 0.717) is 0 Å². The maximum Gasteiger partial charge on any atom is 0.444 e. The fraction of sp³-hybridized carbons (Fsp3) is 0.500. The molecule has 0 heterocycles. The molecule has 0 aromatic rings. The Bertz CT molecular complexity index is 193. The van der Waals surface area contributed by atoms with Crippen molar-refractivity contribution in [3.8, 4) is 0 Å². The number of carbonyl (C=O) groups excluding carboxylic acids is 2. The van der Waals surface area contributed by atoms with E-state index in [1.807, 2.05) is 0 Å². The molecule has 0 N–H and O–H groups in total. The summed E-state index contributed by atoms with van der Waals surface area (Å²) in [4.78, 5) is 21.5. The molecule has 0 bridgehead atoms. The van der Waals surface area contributed by atoms with Gasteiger partial charge in [0.25, 0.3) is 0 Å². The molecule has 0 saturated carbocycles. The molecule has 0 fully saturated rings. The Labute approximate surface area is 58.7 Å². The second-order valence-electron chi connectivity index (χ2n) is 1.37. The summed E-state index contributed by atoms with van der Waals surface area (Å²) in [5.41, 5.74) is 0. The van der Waals surface area contributed by atoms with Gasteiger partial charge in [-0.15, -0.1) is 0 Å². The number of rotatable bonds is 1. The van der Waals surface area contributed by atoms with Crippen molar-refractivity contribution in [3.63, 3.8) is 0 Å². The van der Waals surface area contributed by atoms with E-state index in [-0.39, 0.29) is 0 Å². The topological polar surface area (TPSA) is 55.7 Å². The van der Waals surface area contributed by atoms with Crippen molar-refractivity contribution in [1.82, 2.24) is 0 Å². The van der Waals surface area contributed by atoms with E-state index < -0.39 is 18.9 Å². The van der Waals surface area contributed by atoms with Gasteiger partial charge >= 0.3 is 12.3 Å². The Hall–Kier alpha value is -1.36. The molecule has 0 spiro atoms. The van der Waals surface area contributed by atoms with Gasteiger partial charge in [0, 0.05) is 0 Å². The normalized spacial score (nSPS) is 10.1. The minimum atomic E-state index is -4.60. The van der Waals surface area contributed by atoms with Crippen molar-refractivity contribution in [2.45, 2.75) is 6.18 Å². The average Bonchev–Trinajstić information content (AvgIpc) is 1.83. The molecular formula is C4H2F3NO3. The number of nitrogens with zero attached hydrogens (tertiary/aromatic N) is 1. The van der Waals surface area contributed by atoms with Crippen molar-refractivity contribution < 1.29 is 27.5 Å². The molecule has 0 aliphatic heterocycles. The van der Waals surface area contributed by atoms with Crippen LogP contribution in [-0.4, -0.2) is 25.0 Å². The number of amides is 1. The van der Waals surface area contributed by atoms with Gasteiger partial charge < -0.3 is 4.74 Å². The Morgan fingerprint density at radius 2 is 2.09 bits per heavy atom. The highest BCUT2D eigenvalue weighted by molar-refractivity contribution is 5.74. The van der Waals surface area contributed by atoms with Crippen molar-refractivity contribution >= 4 is 12.2 Å². The van der Waals surface area contributed by atoms with Crippen LogP contribution >= 0.6 is 0 Å². The molecule has 0 aromatic carbocycles. The lowest BCUT2D eigenvalue weighted by Crippen LogP contribution is -2.18. The van der Waals surface area contributed by atoms with Crippen LogP contribution in [0.2, 0.25) is 0 Å². The molecule has 0 radical (unpaired) electrons. The lowest BCUT2D eigenvalue weighted by Gasteiger charge is -2.03. The Balaban J connectivity index is 3.72. The molecule has 0 aliphatic carbocycles. The summed E-state index contributed by atoms with van der Waals surface area (Å²) in [6, 6.07) is 0. The summed E-state index contributed by atoms with van der Waals surface area (Å²) in [6.07, 6.45) is -5.47. The predicted octanol–water partition coefficient (Wildman–Crippen LogP) is 1.02. The number of carbonyl (C=O) groups is 1. The zero-order chi connectivity index (χ0) is 8.91. The Morgan fingerprint density at radius 1 is 1.55 bits per heavy atom. The minimum Gasteiger partial charge on any atom is -0.438 e. The second-order valence-corrected chi connectivity index (χ2v) is 1.37. The van der Waals surface area contributed by atoms with Crippen LogP contribution in [0.3, 0.4) is 0 Å². The molecule has 0 aliphatic rings. The lowest BCUT2D eigenvalue weighted by molar-refractivity contribution is -0.159. The van der Waals surface area contributed by atoms with E-state index in [1.165, 1.54) is 0 Å². The van der Waals surface area contributed by atoms with Crippen LogP contribution in [0.15, 0.2) is 4.99 Å². The van der Waals surface area contributed by atoms with Crippen molar-refractivity contribution in [3.05, 3.63) is 0 Å². The van der Waals surface area contributed by atoms with Gasteiger partial charge in [0.05, 0.1) is 0 Å². The van der Waals surface area contributed by atoms with E-state index in [2.05, 4.69) is 9.73 Å². The fourth-order valence-corrected chi connectivity index (χ4v) is 0.213. The average molecular weight is 169 g/mol. The Kier molecular flexibility index (Phi) is 3.26. The van der Waals surface area contributed by atoms with Gasteiger partial charge in [0.2, 0.25) is 6.08 Å². The highest BCUT2D eigenvalue weighted by Crippen LogP contribution is 2.14. The zero-order valence-corrected chi connectivity index (χ0v) is 5.01. The predicted molar refractivity (Wildman–Crippen MR) is 25.5 cm³/mol. The van der Waals surface area contributed by atoms with E-state index in [0.717, 1.165) is 6.08 Å². The van der Waals surface area contributed by atoms with Gasteiger partial charge in [-0.25, -0.2) is 9.59 Å². The maximum atomic E-state index is 11.2. The number of ether oxygens (including phenoxy) is 1. The Morgan fingerprint density at radius 3 is 2.45 bits per heavy atom. The van der Waals surface area contributed by atoms with Crippen LogP contribution < -0.4 is 0 Å². The van der Waals surface area contributed by atoms with Gasteiger partial charge in [-0.3, -0.25) is 0 Å². The highest BCUT2D eigenvalue weighted by atomic mass is 19.4. The third kappa shape index (κ3) is 6.53. The number of hydrogen-bond donors (Lipinski definition) is 0. The number of aliphatic imine (C=N–C) groups is 1. The van der Waals surface area contributed by atoms with Crippen LogP contribution in [0.5, 0.6) is 0 Å². The van der Waals surface area contributed by atoms with Crippen LogP contribution in [-0.2, 0) is 9.53 Å². The van der Waals surface area contributed by atoms with Gasteiger partial charge in [0.1, 0.15) is 0 Å². The fourth-order valence-electron chi connectivity index (χ4n) is 0.213. The summed E-state index contributed by atoms with van der Waals surface area (Å²) in [5.74, 6) is 0. The highest BCUT2D eigenvalue weighted by Gasteiger charge is 2.29. The first-order valence-electron chi connectivity index (χ1n) is 2.27. The summed E-state index contributed by atoms with van der Waals surface area (Å²) in [7, 11) is 0. The number of alkyl halides is 3. The van der Waals surface area contributed by atoms with E-state index in [4.69, 9.17) is 0 Å². The largest absolute Gasteiger partial charge is 0.444 e. The number of halogens is 3. The van der Waals surface area contributed by atoms with Crippen LogP contribution in [0, 0.1) is 0 Å². The van der Waals surface area contributed by atoms with Crippen molar-refractivity contribution in [2.24, 2.45) is 4.99 Å². The molecule has 0 unspecified atom stereocenters. The first-order chi connectivity index (χ1) is 4.95. The monoisotopic (exact) mass is 169 g/mol. The summed E-state index contributed by atoms with van der Waals surface area (Å²) < 4.78 is 37.2. The van der Waals surface area contributed by atoms with Gasteiger partial charge in [-0.2, -0.15) is 13.2 Å². The van der Waals surface area contributed by atoms with E-state index in [1.54, 1.807) is 0 Å². The lowest BCUT2D eigenvalue weighted by atomic mass is 10.7. The van der Waals surface area contributed by atoms with E-state index >= 15 is 0 Å². The first-order valence-corrected chi connectivity index (χ1v) is 2.27. The number of hydrogen-bond acceptors (Lipinski definition) is 3. The van der Waals surface area contributed by atoms with Gasteiger partial charge in [0.15, 0.2) is 6.61 Å². The molecule has 0 aromatic heterocycles. The third-order valence-electron chi connectivity index (χ3n) is 0.496.